The number of halogens is 5. The van der Waals surface area contributed by atoms with E-state index in [-0.39, 0.29) is 41.8 Å². The van der Waals surface area contributed by atoms with Crippen molar-refractivity contribution in [2.24, 2.45) is 5.92 Å². The van der Waals surface area contributed by atoms with Gasteiger partial charge in [-0.05, 0) is 68.0 Å². The van der Waals surface area contributed by atoms with Crippen molar-refractivity contribution in [3.05, 3.63) is 70.0 Å². The number of alkyl halides is 3. The van der Waals surface area contributed by atoms with Crippen LogP contribution in [0.25, 0.3) is 0 Å². The first kappa shape index (κ1) is 29.8. The largest absolute Gasteiger partial charge is 0.417 e. The Labute approximate surface area is 235 Å². The van der Waals surface area contributed by atoms with Gasteiger partial charge in [-0.1, -0.05) is 23.7 Å². The summed E-state index contributed by atoms with van der Waals surface area (Å²) in [6.07, 6.45) is -1.58. The zero-order valence-electron chi connectivity index (χ0n) is 22.3. The molecule has 1 heterocycles. The highest BCUT2D eigenvalue weighted by atomic mass is 35.5. The quantitative estimate of drug-likeness (QED) is 0.464. The number of hydrogen-bond acceptors (Lipinski definition) is 3. The fraction of sp³-hybridized carbons (Fsp3) is 0.483. The first-order valence-corrected chi connectivity index (χ1v) is 13.7. The van der Waals surface area contributed by atoms with Gasteiger partial charge >= 0.3 is 6.18 Å². The molecule has 4 rings (SSSR count). The van der Waals surface area contributed by atoms with Crippen LogP contribution in [0.3, 0.4) is 0 Å². The molecule has 0 aromatic heterocycles. The molecular weight excluding hydrogens is 550 g/mol. The van der Waals surface area contributed by atoms with Crippen LogP contribution in [0.5, 0.6) is 0 Å². The maximum absolute atomic E-state index is 13.7. The fourth-order valence-electron chi connectivity index (χ4n) is 5.90. The van der Waals surface area contributed by atoms with Crippen LogP contribution in [-0.4, -0.2) is 59.7 Å². The van der Waals surface area contributed by atoms with Gasteiger partial charge in [-0.25, -0.2) is 4.39 Å². The van der Waals surface area contributed by atoms with E-state index >= 15 is 0 Å². The molecule has 0 unspecified atom stereocenters. The summed E-state index contributed by atoms with van der Waals surface area (Å²) in [5.41, 5.74) is -0.506. The van der Waals surface area contributed by atoms with Crippen molar-refractivity contribution in [2.45, 2.75) is 63.2 Å². The van der Waals surface area contributed by atoms with Gasteiger partial charge in [0.05, 0.1) is 10.6 Å². The molecule has 1 aliphatic carbocycles. The van der Waals surface area contributed by atoms with Gasteiger partial charge in [0.2, 0.25) is 11.8 Å². The molecule has 11 heteroatoms. The van der Waals surface area contributed by atoms with Gasteiger partial charge in [-0.2, -0.15) is 13.2 Å². The predicted octanol–water partition coefficient (Wildman–Crippen LogP) is 5.65. The van der Waals surface area contributed by atoms with Crippen molar-refractivity contribution in [1.29, 1.82) is 0 Å². The summed E-state index contributed by atoms with van der Waals surface area (Å²) in [6.45, 7) is 2.13. The maximum atomic E-state index is 13.7. The SMILES string of the molecule is CC(=O)N[C@H]1CC[C@H](C(=O)N2CC[C@@H](N(C)C(=O)c3ccc(Cl)c(C(F)(F)F)c3)[C@H](c3ccc(F)cc3)C2)CC1. The number of amides is 3. The molecule has 1 N–H and O–H groups in total. The van der Waals surface area contributed by atoms with Crippen molar-refractivity contribution in [2.75, 3.05) is 20.1 Å². The molecule has 1 saturated heterocycles. The lowest BCUT2D eigenvalue weighted by Gasteiger charge is -2.44. The summed E-state index contributed by atoms with van der Waals surface area (Å²) in [4.78, 5) is 41.4. The molecule has 3 amide bonds. The molecule has 2 aliphatic rings. The molecule has 2 fully saturated rings. The Morgan fingerprint density at radius 3 is 2.25 bits per heavy atom. The van der Waals surface area contributed by atoms with E-state index in [4.69, 9.17) is 11.6 Å². The standard InChI is InChI=1S/C29H32ClF4N3O3/c1-17(38)35-22-10-5-19(6-11-22)28(40)37-14-13-26(23(16-37)18-3-8-21(31)9-4-18)36(2)27(39)20-7-12-25(30)24(15-20)29(32,33)34/h3-4,7-9,12,15,19,22-23,26H,5-6,10-11,13-14,16H2,1-2H3,(H,35,38)/t19-,22-,23-,26+/m0/s1. The van der Waals surface area contributed by atoms with Crippen molar-refractivity contribution in [3.8, 4) is 0 Å². The lowest BCUT2D eigenvalue weighted by molar-refractivity contribution is -0.139. The minimum Gasteiger partial charge on any atom is -0.354 e. The number of nitrogens with zero attached hydrogens (tertiary/aromatic N) is 2. The highest BCUT2D eigenvalue weighted by Gasteiger charge is 2.40. The number of rotatable bonds is 5. The van der Waals surface area contributed by atoms with Gasteiger partial charge in [0.25, 0.3) is 5.91 Å². The monoisotopic (exact) mass is 581 g/mol. The molecule has 216 valence electrons. The number of piperidine rings is 1. The van der Waals surface area contributed by atoms with Crippen LogP contribution in [-0.2, 0) is 15.8 Å². The Hall–Kier alpha value is -3.14. The van der Waals surface area contributed by atoms with Crippen LogP contribution in [0, 0.1) is 11.7 Å². The van der Waals surface area contributed by atoms with Gasteiger partial charge < -0.3 is 15.1 Å². The third kappa shape index (κ3) is 6.77. The van der Waals surface area contributed by atoms with Gasteiger partial charge in [0.1, 0.15) is 5.82 Å². The van der Waals surface area contributed by atoms with Crippen molar-refractivity contribution in [1.82, 2.24) is 15.1 Å². The summed E-state index contributed by atoms with van der Waals surface area (Å²) in [5, 5.41) is 2.42. The zero-order chi connectivity index (χ0) is 29.2. The van der Waals surface area contributed by atoms with E-state index in [0.717, 1.165) is 17.7 Å². The van der Waals surface area contributed by atoms with Crippen molar-refractivity contribution in [3.63, 3.8) is 0 Å². The fourth-order valence-corrected chi connectivity index (χ4v) is 6.13. The van der Waals surface area contributed by atoms with Gasteiger partial charge in [-0.3, -0.25) is 14.4 Å². The van der Waals surface area contributed by atoms with E-state index in [9.17, 15) is 31.9 Å². The minimum atomic E-state index is -4.71. The van der Waals surface area contributed by atoms with E-state index < -0.39 is 34.5 Å². The highest BCUT2D eigenvalue weighted by Crippen LogP contribution is 2.37. The van der Waals surface area contributed by atoms with Crippen molar-refractivity contribution < 1.29 is 31.9 Å². The van der Waals surface area contributed by atoms with Gasteiger partial charge in [0, 0.05) is 56.5 Å². The Morgan fingerprint density at radius 2 is 1.65 bits per heavy atom. The van der Waals surface area contributed by atoms with E-state index in [1.165, 1.54) is 37.1 Å². The second kappa shape index (κ2) is 12.2. The molecule has 2 aromatic carbocycles. The second-order valence-electron chi connectivity index (χ2n) is 10.7. The van der Waals surface area contributed by atoms with Crippen LogP contribution in [0.2, 0.25) is 5.02 Å². The molecule has 0 radical (unpaired) electrons. The number of benzene rings is 2. The van der Waals surface area contributed by atoms with E-state index in [1.807, 2.05) is 0 Å². The van der Waals surface area contributed by atoms with Gasteiger partial charge in [-0.15, -0.1) is 0 Å². The molecule has 40 heavy (non-hydrogen) atoms. The molecule has 0 bridgehead atoms. The number of carbonyl (C=O) groups is 3. The van der Waals surface area contributed by atoms with Crippen LogP contribution in [0.15, 0.2) is 42.5 Å². The molecule has 2 atom stereocenters. The zero-order valence-corrected chi connectivity index (χ0v) is 23.1. The molecule has 0 spiro atoms. The maximum Gasteiger partial charge on any atom is 0.417 e. The van der Waals surface area contributed by atoms with Crippen molar-refractivity contribution >= 4 is 29.3 Å². The van der Waals surface area contributed by atoms with Crippen LogP contribution in [0.4, 0.5) is 17.6 Å². The number of likely N-dealkylation sites (tertiary alicyclic amines) is 1. The predicted molar refractivity (Wildman–Crippen MR) is 142 cm³/mol. The van der Waals surface area contributed by atoms with E-state index in [1.54, 1.807) is 17.0 Å². The average molecular weight is 582 g/mol. The molecule has 1 aliphatic heterocycles. The lowest BCUT2D eigenvalue weighted by Crippen LogP contribution is -2.53. The Balaban J connectivity index is 1.53. The first-order chi connectivity index (χ1) is 18.8. The third-order valence-corrected chi connectivity index (χ3v) is 8.34. The summed E-state index contributed by atoms with van der Waals surface area (Å²) in [5.74, 6) is -1.66. The van der Waals surface area contributed by atoms with Gasteiger partial charge in [0.15, 0.2) is 0 Å². The van der Waals surface area contributed by atoms with E-state index in [0.29, 0.717) is 38.6 Å². The van der Waals surface area contributed by atoms with Crippen LogP contribution >= 0.6 is 11.6 Å². The Morgan fingerprint density at radius 1 is 1.00 bits per heavy atom. The number of carbonyl (C=O) groups excluding carboxylic acids is 3. The normalized spacial score (nSPS) is 23.4. The summed E-state index contributed by atoms with van der Waals surface area (Å²) >= 11 is 5.74. The lowest BCUT2D eigenvalue weighted by atomic mass is 9.82. The summed E-state index contributed by atoms with van der Waals surface area (Å²) in [6, 6.07) is 8.55. The molecule has 6 nitrogen and oxygen atoms in total. The average Bonchev–Trinajstić information content (AvgIpc) is 2.92. The number of likely N-dealkylation sites (N-methyl/N-ethyl adjacent to an activating group) is 1. The smallest absolute Gasteiger partial charge is 0.354 e. The number of hydrogen-bond donors (Lipinski definition) is 1. The topological polar surface area (TPSA) is 69.7 Å². The van der Waals surface area contributed by atoms with Crippen LogP contribution < -0.4 is 5.32 Å². The summed E-state index contributed by atoms with van der Waals surface area (Å²) < 4.78 is 54.0. The second-order valence-corrected chi connectivity index (χ2v) is 11.1. The Kier molecular flexibility index (Phi) is 9.07. The minimum absolute atomic E-state index is 0.00772. The first-order valence-electron chi connectivity index (χ1n) is 13.3. The molecule has 1 saturated carbocycles. The van der Waals surface area contributed by atoms with E-state index in [2.05, 4.69) is 5.32 Å². The Bertz CT molecular complexity index is 1250. The highest BCUT2D eigenvalue weighted by molar-refractivity contribution is 6.31. The number of nitrogens with one attached hydrogen (secondary N) is 1. The summed E-state index contributed by atoms with van der Waals surface area (Å²) in [7, 11) is 1.53. The third-order valence-electron chi connectivity index (χ3n) is 8.01. The molecule has 2 aromatic rings. The molecular formula is C29H32ClF4N3O3. The van der Waals surface area contributed by atoms with Crippen LogP contribution in [0.1, 0.15) is 66.4 Å².